The first-order valence-corrected chi connectivity index (χ1v) is 21.1. The van der Waals surface area contributed by atoms with Crippen LogP contribution in [0.25, 0.3) is 54.5 Å². The standard InChI is InChI=1S/C54H43N7O2.2BrH/c1-37-12-11-17-44(55-37)34-61-29-28-60(36-61)33-43-31-41-16-6-10-21-48(41)57-54(43)63-50-25-23-39-14-4-8-19-46(39)52(50)51-45-18-7-3-13-38(45)22-24-49(51)62-53-42(32-59-27-26-58(2)35-59)30-40-15-5-9-20-47(40)56-53;;/h3-31,35-36H,32-34H2,1-2H3;2*1H/q+2;;/p-2. The third kappa shape index (κ3) is 8.85. The van der Waals surface area contributed by atoms with Crippen molar-refractivity contribution in [1.29, 1.82) is 0 Å². The monoisotopic (exact) mass is 979 g/mol. The van der Waals surface area contributed by atoms with Crippen molar-refractivity contribution < 1.29 is 52.6 Å². The van der Waals surface area contributed by atoms with Crippen LogP contribution in [0.1, 0.15) is 22.5 Å². The Morgan fingerprint density at radius 2 is 1.02 bits per heavy atom. The number of fused-ring (bicyclic) bond motifs is 4. The summed E-state index contributed by atoms with van der Waals surface area (Å²) < 4.78 is 22.8. The molecule has 0 saturated heterocycles. The lowest BCUT2D eigenvalue weighted by Gasteiger charge is -2.20. The Morgan fingerprint density at radius 3 is 1.55 bits per heavy atom. The number of pyridine rings is 3. The van der Waals surface area contributed by atoms with E-state index in [1.54, 1.807) is 0 Å². The molecule has 5 aromatic heterocycles. The number of para-hydroxylation sites is 2. The van der Waals surface area contributed by atoms with E-state index < -0.39 is 0 Å². The lowest BCUT2D eigenvalue weighted by molar-refractivity contribution is -0.688. The summed E-state index contributed by atoms with van der Waals surface area (Å²) in [5, 5.41) is 6.31. The average Bonchev–Trinajstić information content (AvgIpc) is 3.93. The topological polar surface area (TPSA) is 74.8 Å². The van der Waals surface area contributed by atoms with Gasteiger partial charge in [0.1, 0.15) is 55.9 Å². The van der Waals surface area contributed by atoms with Gasteiger partial charge >= 0.3 is 0 Å². The molecule has 0 saturated carbocycles. The number of ether oxygens (including phenoxy) is 2. The summed E-state index contributed by atoms with van der Waals surface area (Å²) in [6, 6.07) is 52.1. The first-order valence-electron chi connectivity index (χ1n) is 21.1. The van der Waals surface area contributed by atoms with Crippen LogP contribution in [0.2, 0.25) is 0 Å². The number of hydrogen-bond donors (Lipinski definition) is 0. The predicted octanol–water partition coefficient (Wildman–Crippen LogP) is 4.91. The van der Waals surface area contributed by atoms with E-state index in [1.165, 1.54) is 0 Å². The highest BCUT2D eigenvalue weighted by Gasteiger charge is 2.24. The summed E-state index contributed by atoms with van der Waals surface area (Å²) in [5.74, 6) is 2.42. The summed E-state index contributed by atoms with van der Waals surface area (Å²) in [6.45, 7) is 3.82. The van der Waals surface area contributed by atoms with E-state index in [2.05, 4.69) is 154 Å². The van der Waals surface area contributed by atoms with E-state index in [0.29, 0.717) is 42.9 Å². The summed E-state index contributed by atoms with van der Waals surface area (Å²) >= 11 is 0. The summed E-state index contributed by atoms with van der Waals surface area (Å²) in [6.07, 6.45) is 12.4. The number of imidazole rings is 2. The molecule has 0 unspecified atom stereocenters. The van der Waals surface area contributed by atoms with Crippen LogP contribution in [-0.4, -0.2) is 24.1 Å². The molecule has 11 rings (SSSR count). The van der Waals surface area contributed by atoms with Crippen molar-refractivity contribution >= 4 is 43.4 Å². The molecular formula is C54H43Br2N7O2. The minimum absolute atomic E-state index is 0. The van der Waals surface area contributed by atoms with Crippen LogP contribution in [0, 0.1) is 6.92 Å². The van der Waals surface area contributed by atoms with Gasteiger partial charge in [-0.2, -0.15) is 0 Å². The van der Waals surface area contributed by atoms with E-state index in [9.17, 15) is 0 Å². The van der Waals surface area contributed by atoms with Crippen molar-refractivity contribution in [3.63, 3.8) is 0 Å². The van der Waals surface area contributed by atoms with Crippen LogP contribution < -0.4 is 52.6 Å². The first-order chi connectivity index (χ1) is 31.0. The van der Waals surface area contributed by atoms with Crippen LogP contribution in [0.4, 0.5) is 0 Å². The first kappa shape index (κ1) is 43.1. The van der Waals surface area contributed by atoms with Gasteiger partial charge in [0.05, 0.1) is 34.9 Å². The molecule has 11 heteroatoms. The molecule has 9 nitrogen and oxygen atoms in total. The zero-order chi connectivity index (χ0) is 42.3. The number of benzene rings is 6. The highest BCUT2D eigenvalue weighted by Crippen LogP contribution is 2.48. The average molecular weight is 982 g/mol. The van der Waals surface area contributed by atoms with Gasteiger partial charge in [0, 0.05) is 27.6 Å². The maximum absolute atomic E-state index is 7.20. The van der Waals surface area contributed by atoms with Gasteiger partial charge in [-0.15, -0.1) is 0 Å². The third-order valence-electron chi connectivity index (χ3n) is 11.5. The van der Waals surface area contributed by atoms with E-state index >= 15 is 0 Å². The molecule has 65 heavy (non-hydrogen) atoms. The van der Waals surface area contributed by atoms with Crippen molar-refractivity contribution in [3.05, 3.63) is 212 Å². The largest absolute Gasteiger partial charge is 1.00 e. The Hall–Kier alpha value is -7.21. The van der Waals surface area contributed by atoms with Crippen molar-refractivity contribution in [2.45, 2.75) is 26.6 Å². The van der Waals surface area contributed by atoms with E-state index in [-0.39, 0.29) is 34.0 Å². The molecule has 0 amide bonds. The molecule has 0 N–H and O–H groups in total. The number of rotatable bonds is 11. The SMILES string of the molecule is Cc1cccc(C[n+]2ccn(Cc3cc4ccccc4nc3Oc3ccc4ccccc4c3-c3c(Oc4nc5ccccc5cc4Cn4cc[n+](C)c4)ccc4ccccc34)c2)n1.[Br-].[Br-]. The second kappa shape index (κ2) is 18.5. The Kier molecular flexibility index (Phi) is 12.2. The smallest absolute Gasteiger partial charge is 0.244 e. The van der Waals surface area contributed by atoms with E-state index in [1.807, 2.05) is 67.2 Å². The van der Waals surface area contributed by atoms with E-state index in [0.717, 1.165) is 77.0 Å². The summed E-state index contributed by atoms with van der Waals surface area (Å²) in [4.78, 5) is 15.1. The highest BCUT2D eigenvalue weighted by molar-refractivity contribution is 6.10. The maximum Gasteiger partial charge on any atom is 0.244 e. The van der Waals surface area contributed by atoms with Gasteiger partial charge in [0.15, 0.2) is 0 Å². The maximum atomic E-state index is 7.20. The molecule has 0 atom stereocenters. The lowest BCUT2D eigenvalue weighted by Crippen LogP contribution is -3.00. The van der Waals surface area contributed by atoms with Crippen molar-refractivity contribution in [3.8, 4) is 34.4 Å². The number of nitrogens with zero attached hydrogens (tertiary/aromatic N) is 7. The normalized spacial score (nSPS) is 11.2. The zero-order valence-electron chi connectivity index (χ0n) is 35.7. The number of halogens is 2. The second-order valence-corrected chi connectivity index (χ2v) is 16.1. The van der Waals surface area contributed by atoms with Crippen LogP contribution in [0.3, 0.4) is 0 Å². The molecule has 11 aromatic rings. The number of aryl methyl sites for hydroxylation is 2. The van der Waals surface area contributed by atoms with Crippen LogP contribution in [0.5, 0.6) is 23.3 Å². The van der Waals surface area contributed by atoms with Gasteiger partial charge in [-0.1, -0.05) is 103 Å². The second-order valence-electron chi connectivity index (χ2n) is 16.1. The Bertz CT molecular complexity index is 3510. The molecule has 0 fully saturated rings. The fourth-order valence-electron chi connectivity index (χ4n) is 8.57. The Labute approximate surface area is 397 Å². The Morgan fingerprint density at radius 1 is 0.508 bits per heavy atom. The van der Waals surface area contributed by atoms with Crippen molar-refractivity contribution in [1.82, 2.24) is 24.1 Å². The molecule has 0 aliphatic rings. The lowest BCUT2D eigenvalue weighted by atomic mass is 9.92. The van der Waals surface area contributed by atoms with E-state index in [4.69, 9.17) is 24.4 Å². The van der Waals surface area contributed by atoms with Crippen molar-refractivity contribution in [2.24, 2.45) is 7.05 Å². The summed E-state index contributed by atoms with van der Waals surface area (Å²) in [7, 11) is 2.02. The van der Waals surface area contributed by atoms with Gasteiger partial charge in [-0.05, 0) is 77.0 Å². The molecular weight excluding hydrogens is 938 g/mol. The highest BCUT2D eigenvalue weighted by atomic mass is 79.9. The molecule has 0 spiro atoms. The zero-order valence-corrected chi connectivity index (χ0v) is 38.9. The predicted molar refractivity (Wildman–Crippen MR) is 247 cm³/mol. The molecule has 5 heterocycles. The van der Waals surface area contributed by atoms with Crippen LogP contribution >= 0.6 is 0 Å². The molecule has 0 bridgehead atoms. The minimum Gasteiger partial charge on any atom is -1.00 e. The van der Waals surface area contributed by atoms with Crippen molar-refractivity contribution in [2.75, 3.05) is 0 Å². The van der Waals surface area contributed by atoms with Crippen LogP contribution in [0.15, 0.2) is 189 Å². The fraction of sp³-hybridized carbons (Fsp3) is 0.0926. The van der Waals surface area contributed by atoms with Gasteiger partial charge in [-0.3, -0.25) is 4.98 Å². The minimum atomic E-state index is 0. The quantitative estimate of drug-likeness (QED) is 0.173. The van der Waals surface area contributed by atoms with Gasteiger partial charge in [0.25, 0.3) is 0 Å². The molecule has 0 aliphatic carbocycles. The van der Waals surface area contributed by atoms with Gasteiger partial charge < -0.3 is 43.4 Å². The molecule has 320 valence electrons. The van der Waals surface area contributed by atoms with Gasteiger partial charge in [-0.25, -0.2) is 28.2 Å². The summed E-state index contributed by atoms with van der Waals surface area (Å²) in [5.41, 5.74) is 7.46. The molecule has 0 radical (unpaired) electrons. The molecule has 0 aliphatic heterocycles. The Balaban J connectivity index is 0.00000266. The third-order valence-corrected chi connectivity index (χ3v) is 11.5. The van der Waals surface area contributed by atoms with Gasteiger partial charge in [0.2, 0.25) is 24.4 Å². The van der Waals surface area contributed by atoms with Crippen LogP contribution in [-0.2, 0) is 26.7 Å². The fourth-order valence-corrected chi connectivity index (χ4v) is 8.57. The number of hydrogen-bond acceptors (Lipinski definition) is 5. The number of aromatic nitrogens is 7. The molecule has 6 aromatic carbocycles.